The minimum Gasteiger partial charge on any atom is -0.462 e. The first-order valence-electron chi connectivity index (χ1n) is 29.8. The van der Waals surface area contributed by atoms with E-state index in [1.165, 1.54) is 238 Å². The van der Waals surface area contributed by atoms with Gasteiger partial charge < -0.3 is 20.1 Å². The summed E-state index contributed by atoms with van der Waals surface area (Å²) in [6.07, 6.45) is 65.5. The molecule has 0 bridgehead atoms. The number of carbonyl (C=O) groups excluding carboxylic acids is 2. The molecule has 0 rings (SSSR count). The van der Waals surface area contributed by atoms with E-state index in [0.717, 1.165) is 38.5 Å². The van der Waals surface area contributed by atoms with Crippen molar-refractivity contribution in [2.75, 3.05) is 26.4 Å². The third kappa shape index (κ3) is 55.7. The molecule has 408 valence electrons. The Morgan fingerprint density at radius 1 is 0.435 bits per heavy atom. The molecule has 0 saturated carbocycles. The average molecular weight is 997 g/mol. The third-order valence-corrected chi connectivity index (χ3v) is 14.3. The van der Waals surface area contributed by atoms with Crippen LogP contribution in [-0.4, -0.2) is 49.3 Å². The van der Waals surface area contributed by atoms with Gasteiger partial charge in [0, 0.05) is 19.4 Å². The molecule has 0 aromatic carbocycles. The third-order valence-electron chi connectivity index (χ3n) is 13.3. The molecule has 0 aliphatic rings. The van der Waals surface area contributed by atoms with Gasteiger partial charge in [0.2, 0.25) is 0 Å². The van der Waals surface area contributed by atoms with E-state index in [-0.39, 0.29) is 38.6 Å². The fraction of sp³-hybridized carbons (Fsp3) is 0.898. The predicted octanol–water partition coefficient (Wildman–Crippen LogP) is 18.6. The first-order chi connectivity index (χ1) is 33.8. The Kier molecular flexibility index (Phi) is 54.6. The van der Waals surface area contributed by atoms with Crippen molar-refractivity contribution >= 4 is 19.8 Å². The molecule has 2 unspecified atom stereocenters. The highest BCUT2D eigenvalue weighted by molar-refractivity contribution is 7.47. The van der Waals surface area contributed by atoms with Gasteiger partial charge in [0.15, 0.2) is 6.10 Å². The largest absolute Gasteiger partial charge is 0.472 e. The molecule has 0 saturated heterocycles. The summed E-state index contributed by atoms with van der Waals surface area (Å²) in [6.45, 7) is 3.78. The van der Waals surface area contributed by atoms with Crippen LogP contribution in [0.3, 0.4) is 0 Å². The van der Waals surface area contributed by atoms with E-state index in [0.29, 0.717) is 6.42 Å². The molecule has 9 nitrogen and oxygen atoms in total. The molecule has 0 radical (unpaired) electrons. The minimum absolute atomic E-state index is 0.0570. The highest BCUT2D eigenvalue weighted by Crippen LogP contribution is 2.43. The Hall–Kier alpha value is -1.51. The van der Waals surface area contributed by atoms with Crippen LogP contribution in [0.4, 0.5) is 0 Å². The van der Waals surface area contributed by atoms with E-state index in [9.17, 15) is 19.0 Å². The van der Waals surface area contributed by atoms with E-state index in [1.54, 1.807) is 0 Å². The summed E-state index contributed by atoms with van der Waals surface area (Å²) in [7, 11) is -4.38. The van der Waals surface area contributed by atoms with Gasteiger partial charge in [-0.05, 0) is 44.9 Å². The van der Waals surface area contributed by atoms with Crippen LogP contribution in [0.25, 0.3) is 0 Å². The number of rotatable bonds is 57. The summed E-state index contributed by atoms with van der Waals surface area (Å²) in [5, 5.41) is 0. The Labute approximate surface area is 427 Å². The molecule has 3 N–H and O–H groups in total. The summed E-state index contributed by atoms with van der Waals surface area (Å²) in [6, 6.07) is 0. The summed E-state index contributed by atoms with van der Waals surface area (Å²) < 4.78 is 33.0. The van der Waals surface area contributed by atoms with Gasteiger partial charge in [-0.15, -0.1) is 0 Å². The molecule has 69 heavy (non-hydrogen) atoms. The summed E-state index contributed by atoms with van der Waals surface area (Å²) in [5.74, 6) is -0.810. The van der Waals surface area contributed by atoms with E-state index < -0.39 is 26.5 Å². The maximum atomic E-state index is 12.7. The van der Waals surface area contributed by atoms with Gasteiger partial charge in [-0.1, -0.05) is 276 Å². The van der Waals surface area contributed by atoms with E-state index in [1.807, 2.05) is 0 Å². The van der Waals surface area contributed by atoms with Crippen LogP contribution in [0.5, 0.6) is 0 Å². The second kappa shape index (κ2) is 55.8. The van der Waals surface area contributed by atoms with Crippen molar-refractivity contribution in [3.63, 3.8) is 0 Å². The van der Waals surface area contributed by atoms with Crippen molar-refractivity contribution in [2.24, 2.45) is 5.73 Å². The predicted molar refractivity (Wildman–Crippen MR) is 294 cm³/mol. The fourth-order valence-corrected chi connectivity index (χ4v) is 9.67. The van der Waals surface area contributed by atoms with Gasteiger partial charge in [-0.25, -0.2) is 4.57 Å². The standard InChI is InChI=1S/C59H114NO8P/c1-3-5-7-9-11-13-15-17-18-19-20-21-22-23-24-25-26-27-28-29-30-31-32-33-34-35-36-37-38-40-42-44-46-48-50-52-59(62)68-57(56-67-69(63,64)66-54-53-60)55-65-58(61)51-49-47-45-43-41-39-16-14-12-10-8-6-4-2/h15,17,19-20,57H,3-14,16,18,21-56,60H2,1-2H3,(H,63,64)/b17-15-,20-19-. The van der Waals surface area contributed by atoms with Crippen molar-refractivity contribution in [2.45, 2.75) is 315 Å². The molecule has 0 aliphatic carbocycles. The molecule has 10 heteroatoms. The fourth-order valence-electron chi connectivity index (χ4n) is 8.91. The van der Waals surface area contributed by atoms with Gasteiger partial charge >= 0.3 is 19.8 Å². The SMILES string of the molecule is CCCCCCC/C=C\C/C=C\CCCCCCCCCCCCCCCCCCCCCCCCCC(=O)OC(COC(=O)CCCCCCCCCCCCCCC)COP(=O)(O)OCCN. The number of esters is 2. The van der Waals surface area contributed by atoms with E-state index in [2.05, 4.69) is 38.2 Å². The number of allylic oxidation sites excluding steroid dienone is 4. The Bertz CT molecular complexity index is 1180. The summed E-state index contributed by atoms with van der Waals surface area (Å²) >= 11 is 0. The molecule has 0 aromatic heterocycles. The molecule has 0 aliphatic heterocycles. The minimum atomic E-state index is -4.38. The van der Waals surface area contributed by atoms with Crippen LogP contribution < -0.4 is 5.73 Å². The zero-order chi connectivity index (χ0) is 50.2. The molecular formula is C59H114NO8P. The van der Waals surface area contributed by atoms with Crippen molar-refractivity contribution in [1.29, 1.82) is 0 Å². The van der Waals surface area contributed by atoms with Gasteiger partial charge in [0.1, 0.15) is 6.61 Å². The zero-order valence-corrected chi connectivity index (χ0v) is 46.5. The summed E-state index contributed by atoms with van der Waals surface area (Å²) in [4.78, 5) is 35.1. The Balaban J connectivity index is 3.78. The lowest BCUT2D eigenvalue weighted by molar-refractivity contribution is -0.161. The van der Waals surface area contributed by atoms with Crippen molar-refractivity contribution in [1.82, 2.24) is 0 Å². The van der Waals surface area contributed by atoms with Crippen LogP contribution in [-0.2, 0) is 32.7 Å². The lowest BCUT2D eigenvalue weighted by atomic mass is 10.0. The lowest BCUT2D eigenvalue weighted by Crippen LogP contribution is -2.29. The maximum Gasteiger partial charge on any atom is 0.472 e. The first kappa shape index (κ1) is 67.5. The number of carbonyl (C=O) groups is 2. The number of hydrogen-bond acceptors (Lipinski definition) is 8. The quantitative estimate of drug-likeness (QED) is 0.0264. The monoisotopic (exact) mass is 996 g/mol. The van der Waals surface area contributed by atoms with Crippen LogP contribution in [0.15, 0.2) is 24.3 Å². The second-order valence-corrected chi connectivity index (χ2v) is 21.7. The number of nitrogens with two attached hydrogens (primary N) is 1. The normalized spacial score (nSPS) is 13.2. The molecule has 2 atom stereocenters. The first-order valence-corrected chi connectivity index (χ1v) is 31.3. The zero-order valence-electron chi connectivity index (χ0n) is 45.6. The number of hydrogen-bond donors (Lipinski definition) is 2. The van der Waals surface area contributed by atoms with Gasteiger partial charge in [-0.2, -0.15) is 0 Å². The van der Waals surface area contributed by atoms with Crippen LogP contribution in [0, 0.1) is 0 Å². The number of phosphoric acid groups is 1. The molecule has 0 spiro atoms. The van der Waals surface area contributed by atoms with Gasteiger partial charge in [0.25, 0.3) is 0 Å². The van der Waals surface area contributed by atoms with Crippen LogP contribution in [0.1, 0.15) is 309 Å². The van der Waals surface area contributed by atoms with Gasteiger partial charge in [0.05, 0.1) is 13.2 Å². The molecule has 0 amide bonds. The summed E-state index contributed by atoms with van der Waals surface area (Å²) in [5.41, 5.74) is 5.37. The highest BCUT2D eigenvalue weighted by atomic mass is 31.2. The number of phosphoric ester groups is 1. The lowest BCUT2D eigenvalue weighted by Gasteiger charge is -2.19. The van der Waals surface area contributed by atoms with Crippen molar-refractivity contribution < 1.29 is 37.6 Å². The molecule has 0 heterocycles. The van der Waals surface area contributed by atoms with E-state index in [4.69, 9.17) is 24.3 Å². The number of unbranched alkanes of at least 4 members (excludes halogenated alkanes) is 40. The topological polar surface area (TPSA) is 134 Å². The molecule has 0 fully saturated rings. The molecule has 0 aromatic rings. The highest BCUT2D eigenvalue weighted by Gasteiger charge is 2.26. The van der Waals surface area contributed by atoms with Crippen molar-refractivity contribution in [3.05, 3.63) is 24.3 Å². The average Bonchev–Trinajstić information content (AvgIpc) is 3.34. The van der Waals surface area contributed by atoms with Crippen molar-refractivity contribution in [3.8, 4) is 0 Å². The Morgan fingerprint density at radius 3 is 1.10 bits per heavy atom. The Morgan fingerprint density at radius 2 is 0.754 bits per heavy atom. The van der Waals surface area contributed by atoms with Crippen LogP contribution >= 0.6 is 7.82 Å². The maximum absolute atomic E-state index is 12.7. The number of ether oxygens (including phenoxy) is 2. The van der Waals surface area contributed by atoms with Crippen LogP contribution in [0.2, 0.25) is 0 Å². The van der Waals surface area contributed by atoms with E-state index >= 15 is 0 Å². The van der Waals surface area contributed by atoms with Gasteiger partial charge in [-0.3, -0.25) is 18.6 Å². The smallest absolute Gasteiger partial charge is 0.462 e. The molecular weight excluding hydrogens is 882 g/mol. The second-order valence-electron chi connectivity index (χ2n) is 20.2.